The third-order valence-electron chi connectivity index (χ3n) is 6.95. The molecule has 0 heterocycles. The van der Waals surface area contributed by atoms with Crippen LogP contribution in [0.5, 0.6) is 5.75 Å². The maximum atomic E-state index is 13.2. The molecule has 0 aromatic heterocycles. The quantitative estimate of drug-likeness (QED) is 0.0982. The Kier molecular flexibility index (Phi) is 18.2. The largest absolute Gasteiger partial charge is 0.491 e. The zero-order valence-electron chi connectivity index (χ0n) is 25.3. The number of carboxylic acids is 1. The maximum absolute atomic E-state index is 13.2. The molecule has 1 saturated carbocycles. The van der Waals surface area contributed by atoms with Crippen LogP contribution in [0.1, 0.15) is 37.7 Å². The molecule has 0 bridgehead atoms. The summed E-state index contributed by atoms with van der Waals surface area (Å²) in [4.78, 5) is 10.8. The molecule has 1 aromatic rings. The summed E-state index contributed by atoms with van der Waals surface area (Å²) >= 11 is 0. The van der Waals surface area contributed by atoms with Crippen molar-refractivity contribution < 1.29 is 61.3 Å². The second kappa shape index (κ2) is 21.3. The molecule has 250 valence electrons. The van der Waals surface area contributed by atoms with Gasteiger partial charge in [-0.15, -0.1) is 0 Å². The van der Waals surface area contributed by atoms with Gasteiger partial charge in [0.15, 0.2) is 0 Å². The molecule has 0 amide bonds. The highest BCUT2D eigenvalue weighted by atomic mass is 19.4. The maximum Gasteiger partial charge on any atom is 0.416 e. The van der Waals surface area contributed by atoms with Crippen molar-refractivity contribution in [2.45, 2.75) is 56.6 Å². The van der Waals surface area contributed by atoms with Crippen LogP contribution in [-0.4, -0.2) is 95.3 Å². The Labute approximate surface area is 256 Å². The monoisotopic (exact) mass is 634 g/mol. The van der Waals surface area contributed by atoms with E-state index in [-0.39, 0.29) is 56.9 Å². The van der Waals surface area contributed by atoms with Crippen molar-refractivity contribution in [1.29, 1.82) is 0 Å². The van der Waals surface area contributed by atoms with Gasteiger partial charge < -0.3 is 43.4 Å². The minimum atomic E-state index is -4.50. The SMILES string of the molecule is COCCOCO[C@H](C=C[C@@H]1[C@@H](CC=CCCCC(=O)O)[C@@H](O)C[C@H]1OCOCCOC)COc1cccc(C(F)(F)F)c1. The number of alkyl halides is 3. The topological polar surface area (TPSA) is 122 Å². The molecule has 1 aliphatic rings. The first kappa shape index (κ1) is 37.7. The molecule has 44 heavy (non-hydrogen) atoms. The van der Waals surface area contributed by atoms with Crippen molar-refractivity contribution in [2.24, 2.45) is 11.8 Å². The number of carbonyl (C=O) groups is 1. The highest BCUT2D eigenvalue weighted by Crippen LogP contribution is 2.38. The molecule has 2 rings (SSSR count). The molecule has 5 atom stereocenters. The predicted molar refractivity (Wildman–Crippen MR) is 154 cm³/mol. The number of hydrogen-bond donors (Lipinski definition) is 2. The van der Waals surface area contributed by atoms with Crippen molar-refractivity contribution in [3.05, 3.63) is 54.1 Å². The first-order valence-corrected chi connectivity index (χ1v) is 14.6. The smallest absolute Gasteiger partial charge is 0.416 e. The Balaban J connectivity index is 2.15. The van der Waals surface area contributed by atoms with E-state index in [0.717, 1.165) is 12.1 Å². The van der Waals surface area contributed by atoms with Crippen LogP contribution < -0.4 is 4.74 Å². The summed E-state index contributed by atoms with van der Waals surface area (Å²) in [5.41, 5.74) is -0.822. The van der Waals surface area contributed by atoms with Crippen LogP contribution in [0, 0.1) is 11.8 Å². The molecule has 13 heteroatoms. The van der Waals surface area contributed by atoms with Crippen LogP contribution >= 0.6 is 0 Å². The van der Waals surface area contributed by atoms with Gasteiger partial charge in [-0.1, -0.05) is 30.4 Å². The summed E-state index contributed by atoms with van der Waals surface area (Å²) in [7, 11) is 3.10. The average molecular weight is 635 g/mol. The van der Waals surface area contributed by atoms with Gasteiger partial charge in [-0.05, 0) is 43.4 Å². The van der Waals surface area contributed by atoms with Gasteiger partial charge in [-0.2, -0.15) is 13.2 Å². The van der Waals surface area contributed by atoms with Crippen LogP contribution in [0.15, 0.2) is 48.6 Å². The lowest BCUT2D eigenvalue weighted by Gasteiger charge is -2.23. The highest BCUT2D eigenvalue weighted by Gasteiger charge is 2.41. The normalized spacial score (nSPS) is 21.4. The van der Waals surface area contributed by atoms with Crippen molar-refractivity contribution in [2.75, 3.05) is 60.8 Å². The van der Waals surface area contributed by atoms with E-state index in [2.05, 4.69) is 0 Å². The van der Waals surface area contributed by atoms with E-state index in [1.54, 1.807) is 13.2 Å². The van der Waals surface area contributed by atoms with E-state index in [1.807, 2.05) is 18.2 Å². The number of halogens is 3. The van der Waals surface area contributed by atoms with Crippen molar-refractivity contribution in [3.8, 4) is 5.75 Å². The average Bonchev–Trinajstić information content (AvgIpc) is 3.28. The fraction of sp³-hybridized carbons (Fsp3) is 0.645. The van der Waals surface area contributed by atoms with E-state index in [0.29, 0.717) is 45.5 Å². The van der Waals surface area contributed by atoms with Gasteiger partial charge in [-0.25, -0.2) is 0 Å². The first-order valence-electron chi connectivity index (χ1n) is 14.6. The van der Waals surface area contributed by atoms with E-state index in [9.17, 15) is 23.1 Å². The number of aliphatic hydroxyl groups is 1. The number of aliphatic hydroxyl groups excluding tert-OH is 1. The van der Waals surface area contributed by atoms with Crippen LogP contribution in [0.4, 0.5) is 13.2 Å². The Morgan fingerprint density at radius 1 is 1.07 bits per heavy atom. The van der Waals surface area contributed by atoms with E-state index < -0.39 is 29.9 Å². The summed E-state index contributed by atoms with van der Waals surface area (Å²) in [6, 6.07) is 4.60. The molecule has 1 fully saturated rings. The lowest BCUT2D eigenvalue weighted by atomic mass is 9.89. The molecule has 10 nitrogen and oxygen atoms in total. The highest BCUT2D eigenvalue weighted by molar-refractivity contribution is 5.66. The van der Waals surface area contributed by atoms with E-state index in [1.165, 1.54) is 19.2 Å². The summed E-state index contributed by atoms with van der Waals surface area (Å²) in [6.07, 6.45) is 3.30. The standard InChI is InChI=1S/C31H45F3O10/c1-38-14-16-40-21-43-25(20-42-24-9-7-8-23(18-24)31(32,33)34)12-13-27-26(10-5-3-4-6-11-30(36)37)28(35)19-29(27)44-22-41-17-15-39-2/h3,5,7-9,12-13,18,25-29,35H,4,6,10-11,14-17,19-22H2,1-2H3,(H,36,37)/t25-,26-,27-,28+,29-/m1/s1. The summed E-state index contributed by atoms with van der Waals surface area (Å²) < 4.78 is 77.8. The number of allylic oxidation sites excluding steroid dienone is 2. The fourth-order valence-electron chi connectivity index (χ4n) is 4.63. The van der Waals surface area contributed by atoms with Crippen molar-refractivity contribution >= 4 is 5.97 Å². The van der Waals surface area contributed by atoms with Crippen LogP contribution in [-0.2, 0) is 39.4 Å². The van der Waals surface area contributed by atoms with Crippen LogP contribution in [0.25, 0.3) is 0 Å². The second-order valence-corrected chi connectivity index (χ2v) is 10.2. The molecule has 0 spiro atoms. The second-order valence-electron chi connectivity index (χ2n) is 10.2. The summed E-state index contributed by atoms with van der Waals surface area (Å²) in [6.45, 7) is 1.22. The molecule has 2 N–H and O–H groups in total. The summed E-state index contributed by atoms with van der Waals surface area (Å²) in [5.74, 6) is -1.28. The molecule has 1 aliphatic carbocycles. The van der Waals surface area contributed by atoms with E-state index >= 15 is 0 Å². The van der Waals surface area contributed by atoms with Crippen molar-refractivity contribution in [3.63, 3.8) is 0 Å². The van der Waals surface area contributed by atoms with Crippen molar-refractivity contribution in [1.82, 2.24) is 0 Å². The lowest BCUT2D eigenvalue weighted by Crippen LogP contribution is -2.25. The van der Waals surface area contributed by atoms with Gasteiger partial charge in [0.2, 0.25) is 0 Å². The van der Waals surface area contributed by atoms with Crippen LogP contribution in [0.2, 0.25) is 0 Å². The molecular weight excluding hydrogens is 589 g/mol. The zero-order valence-corrected chi connectivity index (χ0v) is 25.3. The lowest BCUT2D eigenvalue weighted by molar-refractivity contribution is -0.138. The summed E-state index contributed by atoms with van der Waals surface area (Å²) in [5, 5.41) is 19.7. The fourth-order valence-corrected chi connectivity index (χ4v) is 4.63. The number of hydrogen-bond acceptors (Lipinski definition) is 9. The van der Waals surface area contributed by atoms with Crippen LogP contribution in [0.3, 0.4) is 0 Å². The minimum Gasteiger partial charge on any atom is -0.491 e. The van der Waals surface area contributed by atoms with Gasteiger partial charge in [0.05, 0.1) is 44.2 Å². The third kappa shape index (κ3) is 15.0. The minimum absolute atomic E-state index is 0.00869. The number of carboxylic acid groups (broad SMARTS) is 1. The van der Waals surface area contributed by atoms with Gasteiger partial charge in [0, 0.05) is 33.0 Å². The molecule has 0 saturated heterocycles. The van der Waals surface area contributed by atoms with Gasteiger partial charge in [0.1, 0.15) is 32.0 Å². The van der Waals surface area contributed by atoms with Gasteiger partial charge >= 0.3 is 12.1 Å². The molecule has 1 aromatic carbocycles. The first-order chi connectivity index (χ1) is 21.2. The zero-order chi connectivity index (χ0) is 32.2. The Morgan fingerprint density at radius 2 is 1.80 bits per heavy atom. The Bertz CT molecular complexity index is 988. The van der Waals surface area contributed by atoms with Gasteiger partial charge in [-0.3, -0.25) is 4.79 Å². The molecule has 0 unspecified atom stereocenters. The number of benzene rings is 1. The molecule has 0 aliphatic heterocycles. The Hall–Kier alpha value is -2.52. The molecule has 0 radical (unpaired) electrons. The third-order valence-corrected chi connectivity index (χ3v) is 6.95. The Morgan fingerprint density at radius 3 is 2.48 bits per heavy atom. The van der Waals surface area contributed by atoms with E-state index in [4.69, 9.17) is 38.3 Å². The number of rotatable bonds is 23. The number of aliphatic carboxylic acids is 1. The number of unbranched alkanes of at least 4 members (excludes halogenated alkanes) is 1. The number of methoxy groups -OCH3 is 2. The molecular formula is C31H45F3O10. The predicted octanol–water partition coefficient (Wildman–Crippen LogP) is 4.85. The van der Waals surface area contributed by atoms with Gasteiger partial charge in [0.25, 0.3) is 0 Å². The number of ether oxygens (including phenoxy) is 7.